The third-order valence-electron chi connectivity index (χ3n) is 1.69. The third-order valence-corrected chi connectivity index (χ3v) is 1.69. The molecule has 1 unspecified atom stereocenters. The van der Waals surface area contributed by atoms with Crippen molar-refractivity contribution in [2.45, 2.75) is 19.5 Å². The summed E-state index contributed by atoms with van der Waals surface area (Å²) < 4.78 is 0. The lowest BCUT2D eigenvalue weighted by Gasteiger charge is -2.08. The molecule has 1 aromatic heterocycles. The van der Waals surface area contributed by atoms with Crippen LogP contribution in [0.25, 0.3) is 0 Å². The number of nitrogens with two attached hydrogens (primary N) is 2. The smallest absolute Gasteiger partial charge is 0.236 e. The van der Waals surface area contributed by atoms with Crippen molar-refractivity contribution in [1.29, 1.82) is 0 Å². The Balaban J connectivity index is 2.54. The zero-order valence-corrected chi connectivity index (χ0v) is 7.90. The van der Waals surface area contributed by atoms with Crippen LogP contribution in [0.1, 0.15) is 12.5 Å². The summed E-state index contributed by atoms with van der Waals surface area (Å²) in [6, 6.07) is -0.527. The topological polar surface area (TPSA) is 107 Å². The number of hydrogen-bond donors (Lipinski definition) is 3. The summed E-state index contributed by atoms with van der Waals surface area (Å²) >= 11 is 0. The van der Waals surface area contributed by atoms with Crippen molar-refractivity contribution in [1.82, 2.24) is 15.3 Å². The van der Waals surface area contributed by atoms with Gasteiger partial charge in [0, 0.05) is 18.3 Å². The van der Waals surface area contributed by atoms with E-state index < -0.39 is 6.04 Å². The van der Waals surface area contributed by atoms with Gasteiger partial charge in [0.2, 0.25) is 5.91 Å². The van der Waals surface area contributed by atoms with E-state index in [9.17, 15) is 4.79 Å². The van der Waals surface area contributed by atoms with Crippen LogP contribution in [0.15, 0.2) is 12.5 Å². The molecule has 0 saturated heterocycles. The first kappa shape index (κ1) is 10.4. The number of aromatic nitrogens is 2. The van der Waals surface area contributed by atoms with Gasteiger partial charge in [-0.05, 0) is 6.92 Å². The number of nitrogen functional groups attached to an aromatic ring is 1. The van der Waals surface area contributed by atoms with Gasteiger partial charge in [-0.25, -0.2) is 9.97 Å². The van der Waals surface area contributed by atoms with Crippen molar-refractivity contribution in [3.63, 3.8) is 0 Å². The normalized spacial score (nSPS) is 12.1. The lowest BCUT2D eigenvalue weighted by molar-refractivity contribution is -0.122. The van der Waals surface area contributed by atoms with Gasteiger partial charge >= 0.3 is 0 Å². The number of carbonyl (C=O) groups excluding carboxylic acids is 1. The number of carbonyl (C=O) groups is 1. The first-order valence-electron chi connectivity index (χ1n) is 4.19. The lowest BCUT2D eigenvalue weighted by Crippen LogP contribution is -2.37. The van der Waals surface area contributed by atoms with E-state index in [1.165, 1.54) is 6.33 Å². The van der Waals surface area contributed by atoms with Crippen LogP contribution in [-0.4, -0.2) is 21.9 Å². The highest BCUT2D eigenvalue weighted by Gasteiger charge is 2.07. The maximum atomic E-state index is 11.1. The average molecular weight is 195 g/mol. The van der Waals surface area contributed by atoms with Crippen LogP contribution in [0.2, 0.25) is 0 Å². The second-order valence-corrected chi connectivity index (χ2v) is 2.94. The Kier molecular flexibility index (Phi) is 3.35. The molecular weight excluding hydrogens is 182 g/mol. The highest BCUT2D eigenvalue weighted by Crippen LogP contribution is 2.03. The molecule has 1 atom stereocenters. The summed E-state index contributed by atoms with van der Waals surface area (Å²) in [5, 5.41) is 2.62. The van der Waals surface area contributed by atoms with Crippen molar-refractivity contribution in [2.75, 3.05) is 5.73 Å². The van der Waals surface area contributed by atoms with Gasteiger partial charge in [-0.1, -0.05) is 0 Å². The minimum absolute atomic E-state index is 0.228. The summed E-state index contributed by atoms with van der Waals surface area (Å²) in [7, 11) is 0. The van der Waals surface area contributed by atoms with E-state index in [0.29, 0.717) is 17.9 Å². The van der Waals surface area contributed by atoms with Gasteiger partial charge in [0.15, 0.2) is 0 Å². The zero-order valence-electron chi connectivity index (χ0n) is 7.90. The van der Waals surface area contributed by atoms with Gasteiger partial charge < -0.3 is 16.8 Å². The van der Waals surface area contributed by atoms with Crippen molar-refractivity contribution in [3.8, 4) is 0 Å². The van der Waals surface area contributed by atoms with Crippen LogP contribution >= 0.6 is 0 Å². The molecule has 6 nitrogen and oxygen atoms in total. The molecule has 0 aromatic carbocycles. The SMILES string of the molecule is CC(N)C(=O)NCc1cncnc1N. The molecule has 0 aliphatic rings. The molecule has 0 aliphatic heterocycles. The van der Waals surface area contributed by atoms with Gasteiger partial charge in [0.05, 0.1) is 6.04 Å². The number of nitrogens with zero attached hydrogens (tertiary/aromatic N) is 2. The standard InChI is InChI=1S/C8H13N5O/c1-5(9)8(14)12-3-6-2-11-4-13-7(6)10/h2,4-5H,3,9H2,1H3,(H,12,14)(H2,10,11,13). The third kappa shape index (κ3) is 2.67. The fourth-order valence-electron chi connectivity index (χ4n) is 0.847. The molecular formula is C8H13N5O. The van der Waals surface area contributed by atoms with Crippen LogP contribution in [0, 0.1) is 0 Å². The zero-order chi connectivity index (χ0) is 10.6. The van der Waals surface area contributed by atoms with E-state index in [0.717, 1.165) is 0 Å². The molecule has 0 radical (unpaired) electrons. The van der Waals surface area contributed by atoms with Crippen LogP contribution in [0.4, 0.5) is 5.82 Å². The summed E-state index contributed by atoms with van der Waals surface area (Å²) in [6.45, 7) is 1.91. The predicted molar refractivity (Wildman–Crippen MR) is 51.9 cm³/mol. The quantitative estimate of drug-likeness (QED) is 0.574. The highest BCUT2D eigenvalue weighted by molar-refractivity contribution is 5.81. The monoisotopic (exact) mass is 195 g/mol. The average Bonchev–Trinajstić information content (AvgIpc) is 2.16. The van der Waals surface area contributed by atoms with E-state index >= 15 is 0 Å². The van der Waals surface area contributed by atoms with E-state index in [-0.39, 0.29) is 5.91 Å². The molecule has 5 N–H and O–H groups in total. The van der Waals surface area contributed by atoms with E-state index in [2.05, 4.69) is 15.3 Å². The number of amides is 1. The Morgan fingerprint density at radius 1 is 1.71 bits per heavy atom. The molecule has 0 spiro atoms. The van der Waals surface area contributed by atoms with Crippen LogP contribution in [0.5, 0.6) is 0 Å². The Morgan fingerprint density at radius 3 is 3.00 bits per heavy atom. The van der Waals surface area contributed by atoms with Crippen molar-refractivity contribution >= 4 is 11.7 Å². The first-order valence-corrected chi connectivity index (χ1v) is 4.19. The Hall–Kier alpha value is -1.69. The van der Waals surface area contributed by atoms with Gasteiger partial charge in [-0.2, -0.15) is 0 Å². The van der Waals surface area contributed by atoms with E-state index in [4.69, 9.17) is 11.5 Å². The second-order valence-electron chi connectivity index (χ2n) is 2.94. The highest BCUT2D eigenvalue weighted by atomic mass is 16.2. The van der Waals surface area contributed by atoms with E-state index in [1.54, 1.807) is 13.1 Å². The van der Waals surface area contributed by atoms with Crippen LogP contribution in [0.3, 0.4) is 0 Å². The molecule has 1 aromatic rings. The number of hydrogen-bond acceptors (Lipinski definition) is 5. The largest absolute Gasteiger partial charge is 0.383 e. The predicted octanol–water partition coefficient (Wildman–Crippen LogP) is -0.978. The summed E-state index contributed by atoms with van der Waals surface area (Å²) in [5.41, 5.74) is 11.6. The number of rotatable bonds is 3. The summed E-state index contributed by atoms with van der Waals surface area (Å²) in [5.74, 6) is 0.137. The number of anilines is 1. The fraction of sp³-hybridized carbons (Fsp3) is 0.375. The molecule has 76 valence electrons. The molecule has 0 bridgehead atoms. The Labute approximate surface area is 81.7 Å². The summed E-state index contributed by atoms with van der Waals surface area (Å²) in [6.07, 6.45) is 2.91. The van der Waals surface area contributed by atoms with Gasteiger partial charge in [-0.3, -0.25) is 4.79 Å². The van der Waals surface area contributed by atoms with Crippen molar-refractivity contribution < 1.29 is 4.79 Å². The molecule has 1 heterocycles. The maximum Gasteiger partial charge on any atom is 0.236 e. The minimum Gasteiger partial charge on any atom is -0.383 e. The van der Waals surface area contributed by atoms with Gasteiger partial charge in [0.25, 0.3) is 0 Å². The van der Waals surface area contributed by atoms with Crippen molar-refractivity contribution in [2.24, 2.45) is 5.73 Å². The molecule has 0 aliphatic carbocycles. The Morgan fingerprint density at radius 2 is 2.43 bits per heavy atom. The molecule has 6 heteroatoms. The summed E-state index contributed by atoms with van der Waals surface area (Å²) in [4.78, 5) is 18.7. The first-order chi connectivity index (χ1) is 6.61. The maximum absolute atomic E-state index is 11.1. The molecule has 1 amide bonds. The van der Waals surface area contributed by atoms with Crippen LogP contribution in [-0.2, 0) is 11.3 Å². The second kappa shape index (κ2) is 4.52. The Bertz CT molecular complexity index is 325. The van der Waals surface area contributed by atoms with Gasteiger partial charge in [0.1, 0.15) is 12.1 Å². The number of nitrogens with one attached hydrogen (secondary N) is 1. The lowest BCUT2D eigenvalue weighted by atomic mass is 10.3. The molecule has 0 fully saturated rings. The molecule has 1 rings (SSSR count). The molecule has 0 saturated carbocycles. The van der Waals surface area contributed by atoms with Crippen molar-refractivity contribution in [3.05, 3.63) is 18.1 Å². The minimum atomic E-state index is -0.527. The van der Waals surface area contributed by atoms with Crippen LogP contribution < -0.4 is 16.8 Å². The van der Waals surface area contributed by atoms with E-state index in [1.807, 2.05) is 0 Å². The molecule has 14 heavy (non-hydrogen) atoms. The van der Waals surface area contributed by atoms with Gasteiger partial charge in [-0.15, -0.1) is 0 Å². The fourth-order valence-corrected chi connectivity index (χ4v) is 0.847.